The molecular formula is C31H34F3N7O. The number of likely N-dealkylation sites (tertiary alicyclic amines) is 1. The summed E-state index contributed by atoms with van der Waals surface area (Å²) < 4.78 is 47.1. The predicted octanol–water partition coefficient (Wildman–Crippen LogP) is 5.59. The monoisotopic (exact) mass is 577 g/mol. The molecule has 2 aliphatic heterocycles. The second-order valence-electron chi connectivity index (χ2n) is 12.7. The Hall–Kier alpha value is -3.73. The van der Waals surface area contributed by atoms with Gasteiger partial charge in [-0.1, -0.05) is 13.8 Å². The summed E-state index contributed by atoms with van der Waals surface area (Å²) in [5, 5.41) is 8.56. The zero-order valence-corrected chi connectivity index (χ0v) is 24.0. The summed E-state index contributed by atoms with van der Waals surface area (Å²) >= 11 is 0. The first-order chi connectivity index (χ1) is 20.0. The Balaban J connectivity index is 1.31. The van der Waals surface area contributed by atoms with Gasteiger partial charge in [-0.25, -0.2) is 4.98 Å². The largest absolute Gasteiger partial charge is 0.416 e. The number of piperidine rings is 1. The Morgan fingerprint density at radius 1 is 1.12 bits per heavy atom. The number of aromatic nitrogens is 5. The number of hydrogen-bond acceptors (Lipinski definition) is 5. The first-order valence-corrected chi connectivity index (χ1v) is 14.6. The summed E-state index contributed by atoms with van der Waals surface area (Å²) in [6, 6.07) is 4.85. The number of imidazole rings is 1. The van der Waals surface area contributed by atoms with Crippen molar-refractivity contribution in [1.29, 1.82) is 0 Å². The van der Waals surface area contributed by atoms with E-state index in [0.29, 0.717) is 35.3 Å². The highest BCUT2D eigenvalue weighted by Gasteiger charge is 2.49. The number of pyridine rings is 1. The second kappa shape index (κ2) is 9.65. The molecule has 7 rings (SSSR count). The minimum absolute atomic E-state index is 0.0265. The van der Waals surface area contributed by atoms with Gasteiger partial charge in [0, 0.05) is 44.3 Å². The molecule has 1 atom stereocenters. The van der Waals surface area contributed by atoms with Gasteiger partial charge in [-0.15, -0.1) is 10.2 Å². The van der Waals surface area contributed by atoms with Crippen LogP contribution in [0.25, 0.3) is 5.65 Å². The van der Waals surface area contributed by atoms with Crippen LogP contribution in [0.3, 0.4) is 0 Å². The van der Waals surface area contributed by atoms with Crippen LogP contribution in [0.5, 0.6) is 0 Å². The zero-order chi connectivity index (χ0) is 29.4. The van der Waals surface area contributed by atoms with Gasteiger partial charge in [0.25, 0.3) is 5.91 Å². The maximum Gasteiger partial charge on any atom is 0.416 e. The molecule has 1 amide bonds. The zero-order valence-electron chi connectivity index (χ0n) is 24.0. The van der Waals surface area contributed by atoms with Crippen molar-refractivity contribution in [3.8, 4) is 0 Å². The lowest BCUT2D eigenvalue weighted by molar-refractivity contribution is -0.138. The summed E-state index contributed by atoms with van der Waals surface area (Å²) in [5.41, 5.74) is 1.50. The summed E-state index contributed by atoms with van der Waals surface area (Å²) in [6.07, 6.45) is 6.41. The smallest absolute Gasteiger partial charge is 0.320 e. The number of halogens is 3. The second-order valence-corrected chi connectivity index (χ2v) is 12.7. The van der Waals surface area contributed by atoms with Gasteiger partial charge in [-0.05, 0) is 79.0 Å². The molecule has 11 heteroatoms. The molecule has 0 N–H and O–H groups in total. The third kappa shape index (κ3) is 4.31. The molecular weight excluding hydrogens is 543 g/mol. The molecule has 220 valence electrons. The van der Waals surface area contributed by atoms with Crippen LogP contribution in [0.15, 0.2) is 43.1 Å². The highest BCUT2D eigenvalue weighted by molar-refractivity contribution is 6.12. The summed E-state index contributed by atoms with van der Waals surface area (Å²) in [5.74, 6) is 1.37. The Morgan fingerprint density at radius 3 is 2.62 bits per heavy atom. The predicted molar refractivity (Wildman–Crippen MR) is 151 cm³/mol. The van der Waals surface area contributed by atoms with E-state index >= 15 is 0 Å². The summed E-state index contributed by atoms with van der Waals surface area (Å²) in [4.78, 5) is 22.2. The number of alkyl halides is 3. The van der Waals surface area contributed by atoms with E-state index in [-0.39, 0.29) is 17.7 Å². The maximum absolute atomic E-state index is 14.5. The average molecular weight is 578 g/mol. The van der Waals surface area contributed by atoms with Gasteiger partial charge in [-0.2, -0.15) is 13.2 Å². The van der Waals surface area contributed by atoms with E-state index in [1.807, 2.05) is 28.3 Å². The van der Waals surface area contributed by atoms with Crippen LogP contribution in [0.1, 0.15) is 78.0 Å². The van der Waals surface area contributed by atoms with Crippen molar-refractivity contribution < 1.29 is 18.0 Å². The Bertz CT molecular complexity index is 1680. The van der Waals surface area contributed by atoms with E-state index in [1.54, 1.807) is 24.8 Å². The van der Waals surface area contributed by atoms with Crippen LogP contribution >= 0.6 is 0 Å². The Kier molecular flexibility index (Phi) is 6.23. The number of anilines is 1. The number of fused-ring (bicyclic) bond motifs is 2. The van der Waals surface area contributed by atoms with E-state index in [1.165, 1.54) is 11.0 Å². The van der Waals surface area contributed by atoms with Crippen molar-refractivity contribution in [2.24, 2.45) is 18.9 Å². The van der Waals surface area contributed by atoms with Gasteiger partial charge >= 0.3 is 6.18 Å². The fraction of sp³-hybridized carbons (Fsp3) is 0.484. The molecule has 42 heavy (non-hydrogen) atoms. The van der Waals surface area contributed by atoms with Crippen molar-refractivity contribution in [2.75, 3.05) is 18.0 Å². The van der Waals surface area contributed by atoms with E-state index in [4.69, 9.17) is 0 Å². The lowest BCUT2D eigenvalue weighted by atomic mass is 9.59. The number of aryl methyl sites for hydroxylation is 1. The van der Waals surface area contributed by atoms with E-state index < -0.39 is 23.1 Å². The Morgan fingerprint density at radius 2 is 1.93 bits per heavy atom. The fourth-order valence-corrected chi connectivity index (χ4v) is 7.56. The Labute approximate surface area is 242 Å². The molecule has 0 spiro atoms. The molecule has 0 bridgehead atoms. The molecule has 1 saturated heterocycles. The normalized spacial score (nSPS) is 24.8. The molecule has 5 heterocycles. The number of benzene rings is 1. The average Bonchev–Trinajstić information content (AvgIpc) is 3.64. The number of rotatable bonds is 5. The SMILES string of the molecule is CC1CC(c2cc(N3Cc4c(cc(CN5CCC[C@H](C)C5)cc4C(F)(F)F)C3=O)c3nccn3c2)(c2nncn2C)C1. The highest BCUT2D eigenvalue weighted by Crippen LogP contribution is 2.52. The van der Waals surface area contributed by atoms with E-state index in [0.717, 1.165) is 50.2 Å². The van der Waals surface area contributed by atoms with Crippen LogP contribution in [0, 0.1) is 11.8 Å². The van der Waals surface area contributed by atoms with E-state index in [2.05, 4.69) is 33.9 Å². The lowest BCUT2D eigenvalue weighted by Crippen LogP contribution is -2.43. The molecule has 1 saturated carbocycles. The van der Waals surface area contributed by atoms with Crippen molar-refractivity contribution >= 4 is 17.2 Å². The van der Waals surface area contributed by atoms with Crippen LogP contribution < -0.4 is 4.90 Å². The number of amides is 1. The van der Waals surface area contributed by atoms with Crippen molar-refractivity contribution in [3.63, 3.8) is 0 Å². The topological polar surface area (TPSA) is 71.6 Å². The molecule has 3 aliphatic rings. The number of carbonyl (C=O) groups is 1. The number of carbonyl (C=O) groups excluding carboxylic acids is 1. The highest BCUT2D eigenvalue weighted by atomic mass is 19.4. The van der Waals surface area contributed by atoms with E-state index in [9.17, 15) is 18.0 Å². The lowest BCUT2D eigenvalue weighted by Gasteiger charge is -2.46. The molecule has 8 nitrogen and oxygen atoms in total. The summed E-state index contributed by atoms with van der Waals surface area (Å²) in [6.45, 7) is 6.28. The van der Waals surface area contributed by atoms with Gasteiger partial charge in [0.05, 0.1) is 23.2 Å². The molecule has 0 unspecified atom stereocenters. The first-order valence-electron chi connectivity index (χ1n) is 14.6. The molecule has 3 aromatic heterocycles. The number of nitrogens with zero attached hydrogens (tertiary/aromatic N) is 7. The standard InChI is InChI=1S/C31H34F3N7O/c1-19-5-4-7-39(14-19)15-21-9-23-24(25(10-21)31(32,33)34)17-41(28(23)42)26-11-22(16-40-8-6-35-27(26)40)30(12-20(2)13-30)29-37-36-18-38(29)3/h6,8-11,16,18-20H,4-5,7,12-15,17H2,1-3H3/t19-,20?,30?/m0/s1. The minimum atomic E-state index is -4.58. The molecule has 0 radical (unpaired) electrons. The van der Waals surface area contributed by atoms with Crippen LogP contribution in [0.2, 0.25) is 0 Å². The van der Waals surface area contributed by atoms with Gasteiger partial charge in [0.1, 0.15) is 12.2 Å². The van der Waals surface area contributed by atoms with Gasteiger partial charge in [0.15, 0.2) is 5.65 Å². The fourth-order valence-electron chi connectivity index (χ4n) is 7.56. The van der Waals surface area contributed by atoms with Crippen LogP contribution in [-0.4, -0.2) is 48.0 Å². The third-order valence-corrected chi connectivity index (χ3v) is 9.40. The first kappa shape index (κ1) is 27.1. The molecule has 4 aromatic rings. The van der Waals surface area contributed by atoms with Crippen LogP contribution in [0.4, 0.5) is 18.9 Å². The molecule has 1 aromatic carbocycles. The van der Waals surface area contributed by atoms with Crippen molar-refractivity contribution in [1.82, 2.24) is 29.0 Å². The maximum atomic E-state index is 14.5. The van der Waals surface area contributed by atoms with Gasteiger partial charge in [-0.3, -0.25) is 9.69 Å². The van der Waals surface area contributed by atoms with Crippen LogP contribution in [-0.2, 0) is 31.7 Å². The quantitative estimate of drug-likeness (QED) is 0.309. The third-order valence-electron chi connectivity index (χ3n) is 9.40. The molecule has 1 aliphatic carbocycles. The molecule has 2 fully saturated rings. The summed E-state index contributed by atoms with van der Waals surface area (Å²) in [7, 11) is 1.91. The minimum Gasteiger partial charge on any atom is -0.320 e. The van der Waals surface area contributed by atoms with Crippen molar-refractivity contribution in [2.45, 2.75) is 64.2 Å². The number of hydrogen-bond donors (Lipinski definition) is 0. The van der Waals surface area contributed by atoms with Gasteiger partial charge < -0.3 is 13.9 Å². The van der Waals surface area contributed by atoms with Crippen molar-refractivity contribution in [3.05, 3.63) is 76.8 Å². The van der Waals surface area contributed by atoms with Gasteiger partial charge in [0.2, 0.25) is 0 Å².